The molecule has 1 aliphatic rings. The molecule has 92 valence electrons. The lowest BCUT2D eigenvalue weighted by molar-refractivity contribution is -0.137. The zero-order valence-electron chi connectivity index (χ0n) is 9.90. The molecule has 1 N–H and O–H groups in total. The summed E-state index contributed by atoms with van der Waals surface area (Å²) in [7, 11) is 0. The number of hydrogen-bond acceptors (Lipinski definition) is 3. The van der Waals surface area contributed by atoms with Gasteiger partial charge >= 0.3 is 5.97 Å². The lowest BCUT2D eigenvalue weighted by Crippen LogP contribution is -2.37. The second-order valence-electron chi connectivity index (χ2n) is 4.39. The first-order valence-corrected chi connectivity index (χ1v) is 6.46. The van der Waals surface area contributed by atoms with Gasteiger partial charge in [0.25, 0.3) is 5.91 Å². The van der Waals surface area contributed by atoms with Crippen LogP contribution in [0, 0.1) is 13.8 Å². The average molecular weight is 253 g/mol. The van der Waals surface area contributed by atoms with Crippen LogP contribution in [0.1, 0.15) is 33.6 Å². The van der Waals surface area contributed by atoms with E-state index >= 15 is 0 Å². The minimum Gasteiger partial charge on any atom is -0.480 e. The molecule has 0 radical (unpaired) electrons. The standard InChI is InChI=1S/C12H15NO3S/c1-7-8(2)17-6-10(7)12(16)13(5-11(14)15)9-3-4-9/h6,9H,3-5H2,1-2H3,(H,14,15). The van der Waals surface area contributed by atoms with Gasteiger partial charge in [-0.1, -0.05) is 0 Å². The quantitative estimate of drug-likeness (QED) is 0.893. The predicted molar refractivity (Wildman–Crippen MR) is 65.5 cm³/mol. The van der Waals surface area contributed by atoms with E-state index in [1.165, 1.54) is 16.2 Å². The topological polar surface area (TPSA) is 57.6 Å². The summed E-state index contributed by atoms with van der Waals surface area (Å²) in [5, 5.41) is 10.7. The van der Waals surface area contributed by atoms with Gasteiger partial charge in [-0.2, -0.15) is 0 Å². The summed E-state index contributed by atoms with van der Waals surface area (Å²) >= 11 is 1.53. The van der Waals surface area contributed by atoms with Gasteiger partial charge in [0, 0.05) is 16.3 Å². The monoisotopic (exact) mass is 253 g/mol. The Bertz CT molecular complexity index is 462. The predicted octanol–water partition coefficient (Wildman–Crippen LogP) is 2.05. The molecule has 0 unspecified atom stereocenters. The van der Waals surface area contributed by atoms with Gasteiger partial charge in [0.15, 0.2) is 0 Å². The Morgan fingerprint density at radius 2 is 2.12 bits per heavy atom. The van der Waals surface area contributed by atoms with Gasteiger partial charge < -0.3 is 10.0 Å². The maximum atomic E-state index is 12.3. The lowest BCUT2D eigenvalue weighted by atomic mass is 10.1. The summed E-state index contributed by atoms with van der Waals surface area (Å²) in [6.45, 7) is 3.68. The van der Waals surface area contributed by atoms with Crippen molar-refractivity contribution in [2.45, 2.75) is 32.7 Å². The molecule has 1 aromatic heterocycles. The van der Waals surface area contributed by atoms with E-state index in [1.807, 2.05) is 19.2 Å². The Morgan fingerprint density at radius 1 is 1.47 bits per heavy atom. The fraction of sp³-hybridized carbons (Fsp3) is 0.500. The highest BCUT2D eigenvalue weighted by molar-refractivity contribution is 7.10. The zero-order valence-corrected chi connectivity index (χ0v) is 10.7. The minimum atomic E-state index is -0.949. The Kier molecular flexibility index (Phi) is 3.19. The third kappa shape index (κ3) is 2.49. The Balaban J connectivity index is 2.21. The molecule has 1 aromatic rings. The number of aliphatic carboxylic acids is 1. The van der Waals surface area contributed by atoms with Crippen molar-refractivity contribution in [2.75, 3.05) is 6.54 Å². The number of carboxylic acid groups (broad SMARTS) is 1. The zero-order chi connectivity index (χ0) is 12.6. The van der Waals surface area contributed by atoms with Crippen LogP contribution in [-0.2, 0) is 4.79 Å². The summed E-state index contributed by atoms with van der Waals surface area (Å²) in [6.07, 6.45) is 1.84. The van der Waals surface area contributed by atoms with Crippen molar-refractivity contribution in [3.05, 3.63) is 21.4 Å². The number of amides is 1. The number of thiophene rings is 1. The van der Waals surface area contributed by atoms with E-state index in [9.17, 15) is 9.59 Å². The van der Waals surface area contributed by atoms with Crippen molar-refractivity contribution in [2.24, 2.45) is 0 Å². The number of carbonyl (C=O) groups is 2. The lowest BCUT2D eigenvalue weighted by Gasteiger charge is -2.20. The molecule has 0 spiro atoms. The molecule has 0 saturated heterocycles. The summed E-state index contributed by atoms with van der Waals surface area (Å²) < 4.78 is 0. The molecule has 0 aliphatic heterocycles. The van der Waals surface area contributed by atoms with Crippen LogP contribution in [0.4, 0.5) is 0 Å². The van der Waals surface area contributed by atoms with Crippen molar-refractivity contribution < 1.29 is 14.7 Å². The first-order chi connectivity index (χ1) is 8.00. The van der Waals surface area contributed by atoms with Gasteiger partial charge in [-0.05, 0) is 32.3 Å². The molecule has 1 fully saturated rings. The van der Waals surface area contributed by atoms with E-state index in [0.717, 1.165) is 23.3 Å². The number of carbonyl (C=O) groups excluding carboxylic acids is 1. The smallest absolute Gasteiger partial charge is 0.323 e. The van der Waals surface area contributed by atoms with Gasteiger partial charge in [-0.3, -0.25) is 9.59 Å². The molecule has 1 aliphatic carbocycles. The van der Waals surface area contributed by atoms with Crippen LogP contribution in [0.3, 0.4) is 0 Å². The summed E-state index contributed by atoms with van der Waals surface area (Å²) in [4.78, 5) is 25.6. The normalized spacial score (nSPS) is 14.7. The fourth-order valence-electron chi connectivity index (χ4n) is 1.78. The number of rotatable bonds is 4. The third-order valence-corrected chi connectivity index (χ3v) is 4.08. The van der Waals surface area contributed by atoms with E-state index in [1.54, 1.807) is 0 Å². The number of hydrogen-bond donors (Lipinski definition) is 1. The minimum absolute atomic E-state index is 0.123. The highest BCUT2D eigenvalue weighted by Crippen LogP contribution is 2.30. The van der Waals surface area contributed by atoms with Crippen LogP contribution in [0.5, 0.6) is 0 Å². The molecular formula is C12H15NO3S. The van der Waals surface area contributed by atoms with Crippen LogP contribution in [0.2, 0.25) is 0 Å². The van der Waals surface area contributed by atoms with Crippen LogP contribution in [0.25, 0.3) is 0 Å². The van der Waals surface area contributed by atoms with E-state index in [0.29, 0.717) is 5.56 Å². The maximum Gasteiger partial charge on any atom is 0.323 e. The molecule has 1 heterocycles. The Labute approximate surface area is 104 Å². The highest BCUT2D eigenvalue weighted by atomic mass is 32.1. The Morgan fingerprint density at radius 3 is 2.53 bits per heavy atom. The van der Waals surface area contributed by atoms with Gasteiger partial charge in [0.1, 0.15) is 6.54 Å². The summed E-state index contributed by atoms with van der Waals surface area (Å²) in [5.41, 5.74) is 1.62. The number of carboxylic acids is 1. The molecule has 0 atom stereocenters. The van der Waals surface area contributed by atoms with Crippen molar-refractivity contribution in [3.8, 4) is 0 Å². The first kappa shape index (κ1) is 12.1. The van der Waals surface area contributed by atoms with Crippen molar-refractivity contribution in [1.82, 2.24) is 4.90 Å². The molecule has 17 heavy (non-hydrogen) atoms. The van der Waals surface area contributed by atoms with E-state index in [-0.39, 0.29) is 18.5 Å². The van der Waals surface area contributed by atoms with Crippen molar-refractivity contribution in [1.29, 1.82) is 0 Å². The number of aryl methyl sites for hydroxylation is 1. The van der Waals surface area contributed by atoms with Crippen LogP contribution < -0.4 is 0 Å². The second kappa shape index (κ2) is 4.49. The van der Waals surface area contributed by atoms with Gasteiger partial charge in [-0.15, -0.1) is 11.3 Å². The van der Waals surface area contributed by atoms with Crippen molar-refractivity contribution in [3.63, 3.8) is 0 Å². The second-order valence-corrected chi connectivity index (χ2v) is 5.47. The maximum absolute atomic E-state index is 12.3. The van der Waals surface area contributed by atoms with Crippen LogP contribution >= 0.6 is 11.3 Å². The highest BCUT2D eigenvalue weighted by Gasteiger charge is 2.35. The van der Waals surface area contributed by atoms with Crippen LogP contribution in [0.15, 0.2) is 5.38 Å². The van der Waals surface area contributed by atoms with E-state index in [4.69, 9.17) is 5.11 Å². The number of nitrogens with zero attached hydrogens (tertiary/aromatic N) is 1. The van der Waals surface area contributed by atoms with E-state index < -0.39 is 5.97 Å². The molecule has 0 bridgehead atoms. The van der Waals surface area contributed by atoms with Crippen molar-refractivity contribution >= 4 is 23.2 Å². The van der Waals surface area contributed by atoms with E-state index in [2.05, 4.69) is 0 Å². The van der Waals surface area contributed by atoms with Gasteiger partial charge in [0.2, 0.25) is 0 Å². The summed E-state index contributed by atoms with van der Waals surface area (Å²) in [5.74, 6) is -1.09. The average Bonchev–Trinajstić information content (AvgIpc) is 3.04. The largest absolute Gasteiger partial charge is 0.480 e. The SMILES string of the molecule is Cc1scc(C(=O)N(CC(=O)O)C2CC2)c1C. The third-order valence-electron chi connectivity index (χ3n) is 3.07. The summed E-state index contributed by atoms with van der Waals surface area (Å²) in [6, 6.07) is 0.123. The molecule has 1 amide bonds. The fourth-order valence-corrected chi connectivity index (χ4v) is 2.64. The first-order valence-electron chi connectivity index (χ1n) is 5.58. The van der Waals surface area contributed by atoms with Crippen LogP contribution in [-0.4, -0.2) is 34.5 Å². The molecule has 4 nitrogen and oxygen atoms in total. The Hall–Kier alpha value is -1.36. The van der Waals surface area contributed by atoms with Gasteiger partial charge in [-0.25, -0.2) is 0 Å². The molecule has 2 rings (SSSR count). The molecular weight excluding hydrogens is 238 g/mol. The molecule has 5 heteroatoms. The van der Waals surface area contributed by atoms with Gasteiger partial charge in [0.05, 0.1) is 5.56 Å². The molecule has 0 aromatic carbocycles. The molecule has 1 saturated carbocycles.